The lowest BCUT2D eigenvalue weighted by atomic mass is 9.95. The van der Waals surface area contributed by atoms with Crippen LogP contribution in [0.25, 0.3) is 11.1 Å². The first kappa shape index (κ1) is 30.5. The third-order valence-corrected chi connectivity index (χ3v) is 10.1. The van der Waals surface area contributed by atoms with Crippen molar-refractivity contribution in [2.24, 2.45) is 5.92 Å². The summed E-state index contributed by atoms with van der Waals surface area (Å²) in [5.74, 6) is 3.41. The molecular formula is C37H30FN5O6. The first-order chi connectivity index (χ1) is 23.6. The number of carbonyl (C=O) groups is 6. The number of anilines is 1. The van der Waals surface area contributed by atoms with Gasteiger partial charge in [-0.05, 0) is 86.6 Å². The van der Waals surface area contributed by atoms with E-state index in [9.17, 15) is 33.2 Å². The van der Waals surface area contributed by atoms with Crippen LogP contribution in [0.2, 0.25) is 0 Å². The molecule has 2 fully saturated rings. The molecule has 2 saturated heterocycles. The lowest BCUT2D eigenvalue weighted by molar-refractivity contribution is -0.136. The van der Waals surface area contributed by atoms with Crippen molar-refractivity contribution in [3.8, 4) is 11.8 Å². The molecule has 0 spiro atoms. The van der Waals surface area contributed by atoms with Gasteiger partial charge in [0, 0.05) is 53.6 Å². The van der Waals surface area contributed by atoms with Crippen molar-refractivity contribution in [1.29, 1.82) is 0 Å². The highest BCUT2D eigenvalue weighted by atomic mass is 19.1. The van der Waals surface area contributed by atoms with Gasteiger partial charge >= 0.3 is 0 Å². The van der Waals surface area contributed by atoms with Gasteiger partial charge < -0.3 is 15.2 Å². The van der Waals surface area contributed by atoms with Crippen molar-refractivity contribution in [3.63, 3.8) is 0 Å². The number of carbonyl (C=O) groups excluding carboxylic acids is 6. The Bertz CT molecular complexity index is 2160. The fraction of sp³-hybridized carbons (Fsp3) is 0.297. The number of fused-ring (bicyclic) bond motifs is 3. The van der Waals surface area contributed by atoms with Crippen molar-refractivity contribution in [3.05, 3.63) is 87.0 Å². The lowest BCUT2D eigenvalue weighted by Crippen LogP contribution is -2.54. The molecular weight excluding hydrogens is 629 g/mol. The summed E-state index contributed by atoms with van der Waals surface area (Å²) in [6, 6.07) is 7.99. The predicted octanol–water partition coefficient (Wildman–Crippen LogP) is 3.58. The summed E-state index contributed by atoms with van der Waals surface area (Å²) < 4.78 is 14.1. The summed E-state index contributed by atoms with van der Waals surface area (Å²) in [5, 5.41) is 5.01. The second kappa shape index (κ2) is 11.4. The lowest BCUT2D eigenvalue weighted by Gasteiger charge is -2.30. The molecule has 3 aromatic rings. The van der Waals surface area contributed by atoms with Crippen LogP contribution in [-0.4, -0.2) is 69.4 Å². The van der Waals surface area contributed by atoms with E-state index in [0.717, 1.165) is 27.4 Å². The van der Waals surface area contributed by atoms with Crippen LogP contribution in [-0.2, 0) is 20.8 Å². The number of halogens is 1. The highest BCUT2D eigenvalue weighted by molar-refractivity contribution is 6.37. The van der Waals surface area contributed by atoms with E-state index < -0.39 is 35.5 Å². The van der Waals surface area contributed by atoms with E-state index in [1.165, 1.54) is 12.1 Å². The summed E-state index contributed by atoms with van der Waals surface area (Å²) in [5.41, 5.74) is 6.28. The van der Waals surface area contributed by atoms with Gasteiger partial charge in [-0.2, -0.15) is 0 Å². The van der Waals surface area contributed by atoms with Crippen LogP contribution in [0.15, 0.2) is 36.4 Å². The number of hydrogen-bond acceptors (Lipinski definition) is 6. The van der Waals surface area contributed by atoms with Gasteiger partial charge in [0.15, 0.2) is 0 Å². The minimum atomic E-state index is -1.03. The predicted molar refractivity (Wildman–Crippen MR) is 174 cm³/mol. The number of likely N-dealkylation sites (tertiary alicyclic amines) is 1. The maximum absolute atomic E-state index is 14.1. The molecule has 12 heteroatoms. The SMILES string of the molecule is Cc1[nH]c2c(c1C(=O)N1CCC(C#Cc3ccc4c(c3)C(=O)N(C3CCC(=O)NC3=O)C4=O)CC1)CC/C2=C1/C(=O)Nc2ccc(F)cc21. The Labute approximate surface area is 279 Å². The highest BCUT2D eigenvalue weighted by Gasteiger charge is 2.44. The molecule has 5 heterocycles. The Morgan fingerprint density at radius 1 is 0.878 bits per heavy atom. The number of nitrogens with one attached hydrogen (secondary N) is 3. The van der Waals surface area contributed by atoms with E-state index in [4.69, 9.17) is 0 Å². The van der Waals surface area contributed by atoms with Crippen molar-refractivity contribution in [2.75, 3.05) is 18.4 Å². The van der Waals surface area contributed by atoms with Gasteiger partial charge in [0.1, 0.15) is 11.9 Å². The summed E-state index contributed by atoms with van der Waals surface area (Å²) in [6.45, 7) is 2.88. The minimum absolute atomic E-state index is 0.0188. The molecule has 2 aromatic carbocycles. The van der Waals surface area contributed by atoms with E-state index >= 15 is 0 Å². The molecule has 1 aliphatic carbocycles. The van der Waals surface area contributed by atoms with E-state index in [-0.39, 0.29) is 41.7 Å². The molecule has 4 aliphatic heterocycles. The smallest absolute Gasteiger partial charge is 0.262 e. The van der Waals surface area contributed by atoms with Crippen LogP contribution >= 0.6 is 0 Å². The second-order valence-corrected chi connectivity index (χ2v) is 13.0. The molecule has 6 amide bonds. The number of aromatic nitrogens is 1. The third kappa shape index (κ3) is 4.96. The zero-order valence-corrected chi connectivity index (χ0v) is 26.5. The third-order valence-electron chi connectivity index (χ3n) is 10.1. The molecule has 246 valence electrons. The van der Waals surface area contributed by atoms with Crippen LogP contribution in [0.4, 0.5) is 10.1 Å². The average molecular weight is 660 g/mol. The number of nitrogens with zero attached hydrogens (tertiary/aromatic N) is 2. The maximum Gasteiger partial charge on any atom is 0.262 e. The first-order valence-corrected chi connectivity index (χ1v) is 16.3. The van der Waals surface area contributed by atoms with Crippen LogP contribution < -0.4 is 10.6 Å². The molecule has 8 rings (SSSR count). The zero-order chi connectivity index (χ0) is 34.1. The van der Waals surface area contributed by atoms with E-state index in [1.807, 2.05) is 11.8 Å². The Kier molecular flexibility index (Phi) is 7.10. The van der Waals surface area contributed by atoms with Crippen LogP contribution in [0.5, 0.6) is 0 Å². The van der Waals surface area contributed by atoms with Gasteiger partial charge in [0.2, 0.25) is 11.8 Å². The number of amides is 6. The molecule has 11 nitrogen and oxygen atoms in total. The number of piperidine rings is 2. The minimum Gasteiger partial charge on any atom is -0.358 e. The Balaban J connectivity index is 0.950. The molecule has 1 aromatic heterocycles. The second-order valence-electron chi connectivity index (χ2n) is 13.0. The molecule has 1 unspecified atom stereocenters. The van der Waals surface area contributed by atoms with E-state index in [1.54, 1.807) is 24.3 Å². The first-order valence-electron chi connectivity index (χ1n) is 16.3. The highest BCUT2D eigenvalue weighted by Crippen LogP contribution is 2.44. The monoisotopic (exact) mass is 659 g/mol. The number of H-pyrrole nitrogens is 1. The van der Waals surface area contributed by atoms with Crippen LogP contribution in [0, 0.1) is 30.5 Å². The fourth-order valence-corrected chi connectivity index (χ4v) is 7.66. The number of imide groups is 2. The van der Waals surface area contributed by atoms with Gasteiger partial charge in [0.05, 0.1) is 22.3 Å². The van der Waals surface area contributed by atoms with Crippen molar-refractivity contribution >= 4 is 52.3 Å². The fourth-order valence-electron chi connectivity index (χ4n) is 7.66. The molecule has 49 heavy (non-hydrogen) atoms. The van der Waals surface area contributed by atoms with Crippen LogP contribution in [0.3, 0.4) is 0 Å². The number of aryl methyl sites for hydroxylation is 1. The molecule has 5 aliphatic rings. The van der Waals surface area contributed by atoms with E-state index in [2.05, 4.69) is 27.5 Å². The largest absolute Gasteiger partial charge is 0.358 e. The quantitative estimate of drug-likeness (QED) is 0.218. The number of rotatable bonds is 2. The standard InChI is InChI=1S/C37H30FN5O6/c1-18-30(23-7-8-24(32(23)39-18)31-26-17-21(38)5-9-27(26)40-34(31)46)37(49)42-14-12-19(13-15-42)2-3-20-4-6-22-25(16-20)36(48)43(35(22)47)28-10-11-29(44)41-33(28)45/h4-6,9,16-17,19,28,39H,7-8,10-15H2,1H3,(H,40,46)(H,41,44,45)/b31-24-. The Morgan fingerprint density at radius 2 is 1.65 bits per heavy atom. The number of allylic oxidation sites excluding steroid dienone is 1. The van der Waals surface area contributed by atoms with Gasteiger partial charge in [0.25, 0.3) is 23.6 Å². The van der Waals surface area contributed by atoms with Crippen molar-refractivity contribution in [2.45, 2.75) is 51.5 Å². The summed E-state index contributed by atoms with van der Waals surface area (Å²) in [6.07, 6.45) is 2.62. The number of aromatic amines is 1. The summed E-state index contributed by atoms with van der Waals surface area (Å²) in [4.78, 5) is 82.9. The number of hydrogen-bond donors (Lipinski definition) is 3. The van der Waals surface area contributed by atoms with Gasteiger partial charge in [-0.25, -0.2) is 4.39 Å². The van der Waals surface area contributed by atoms with Crippen LogP contribution in [0.1, 0.15) is 91.3 Å². The van der Waals surface area contributed by atoms with Crippen molar-refractivity contribution < 1.29 is 33.2 Å². The number of benzene rings is 2. The molecule has 0 radical (unpaired) electrons. The van der Waals surface area contributed by atoms with Gasteiger partial charge in [-0.1, -0.05) is 11.8 Å². The summed E-state index contributed by atoms with van der Waals surface area (Å²) >= 11 is 0. The molecule has 3 N–H and O–H groups in total. The van der Waals surface area contributed by atoms with Gasteiger partial charge in [-0.3, -0.25) is 39.0 Å². The molecule has 0 saturated carbocycles. The Hall–Kier alpha value is -5.83. The van der Waals surface area contributed by atoms with E-state index in [0.29, 0.717) is 66.7 Å². The molecule has 0 bridgehead atoms. The average Bonchev–Trinajstić information content (AvgIpc) is 3.79. The Morgan fingerprint density at radius 3 is 2.43 bits per heavy atom. The summed E-state index contributed by atoms with van der Waals surface area (Å²) in [7, 11) is 0. The van der Waals surface area contributed by atoms with Crippen molar-refractivity contribution in [1.82, 2.24) is 20.1 Å². The maximum atomic E-state index is 14.1. The zero-order valence-electron chi connectivity index (χ0n) is 26.5. The topological polar surface area (TPSA) is 149 Å². The van der Waals surface area contributed by atoms with Gasteiger partial charge in [-0.15, -0.1) is 0 Å². The molecule has 1 atom stereocenters. The normalized spacial score (nSPS) is 21.7.